The summed E-state index contributed by atoms with van der Waals surface area (Å²) in [5.41, 5.74) is 0.906. The third kappa shape index (κ3) is 5.64. The summed E-state index contributed by atoms with van der Waals surface area (Å²) in [6.45, 7) is 3.15. The molecule has 0 bridgehead atoms. The Morgan fingerprint density at radius 3 is 2.63 bits per heavy atom. The van der Waals surface area contributed by atoms with Gasteiger partial charge < -0.3 is 10.6 Å². The fourth-order valence-electron chi connectivity index (χ4n) is 3.35. The van der Waals surface area contributed by atoms with Gasteiger partial charge in [0.25, 0.3) is 11.5 Å². The van der Waals surface area contributed by atoms with Gasteiger partial charge >= 0.3 is 0 Å². The Kier molecular flexibility index (Phi) is 7.99. The first kappa shape index (κ1) is 21.1. The van der Waals surface area contributed by atoms with E-state index in [1.807, 2.05) is 0 Å². The van der Waals surface area contributed by atoms with Crippen molar-refractivity contribution < 1.29 is 4.79 Å². The Bertz CT molecular complexity index is 775. The van der Waals surface area contributed by atoms with Gasteiger partial charge in [0.2, 0.25) is 0 Å². The first-order chi connectivity index (χ1) is 12.6. The van der Waals surface area contributed by atoms with E-state index >= 15 is 0 Å². The highest BCUT2D eigenvalue weighted by Crippen LogP contribution is 2.16. The Morgan fingerprint density at radius 1 is 1.22 bits per heavy atom. The van der Waals surface area contributed by atoms with Gasteiger partial charge in [0.15, 0.2) is 5.82 Å². The normalized spacial score (nSPS) is 15.0. The van der Waals surface area contributed by atoms with Crippen LogP contribution in [0.2, 0.25) is 0 Å². The van der Waals surface area contributed by atoms with Crippen LogP contribution in [-0.4, -0.2) is 45.0 Å². The van der Waals surface area contributed by atoms with Gasteiger partial charge in [0, 0.05) is 25.2 Å². The van der Waals surface area contributed by atoms with Crippen molar-refractivity contribution >= 4 is 18.3 Å². The summed E-state index contributed by atoms with van der Waals surface area (Å²) in [6.07, 6.45) is 9.24. The van der Waals surface area contributed by atoms with Crippen LogP contribution in [0.1, 0.15) is 54.6 Å². The number of amides is 1. The number of aromatic amines is 1. The number of nitrogens with one attached hydrogen (secondary N) is 3. The van der Waals surface area contributed by atoms with Crippen molar-refractivity contribution in [2.45, 2.75) is 51.5 Å². The summed E-state index contributed by atoms with van der Waals surface area (Å²) in [4.78, 5) is 23.5. The molecule has 1 saturated carbocycles. The zero-order chi connectivity index (χ0) is 18.4. The van der Waals surface area contributed by atoms with Crippen LogP contribution >= 0.6 is 12.4 Å². The molecule has 2 aromatic heterocycles. The average molecular weight is 395 g/mol. The first-order valence-corrected chi connectivity index (χ1v) is 9.27. The third-order valence-corrected chi connectivity index (χ3v) is 4.83. The molecular weight excluding hydrogens is 368 g/mol. The third-order valence-electron chi connectivity index (χ3n) is 4.83. The molecule has 148 valence electrons. The van der Waals surface area contributed by atoms with Crippen LogP contribution in [0.15, 0.2) is 23.1 Å². The summed E-state index contributed by atoms with van der Waals surface area (Å²) >= 11 is 0. The summed E-state index contributed by atoms with van der Waals surface area (Å²) < 4.78 is 1.54. The van der Waals surface area contributed by atoms with Crippen LogP contribution in [0.4, 0.5) is 0 Å². The molecule has 0 aromatic carbocycles. The van der Waals surface area contributed by atoms with Crippen molar-refractivity contribution in [3.63, 3.8) is 0 Å². The van der Waals surface area contributed by atoms with E-state index < -0.39 is 0 Å². The largest absolute Gasteiger partial charge is 0.351 e. The average Bonchev–Trinajstić information content (AvgIpc) is 2.85. The molecule has 0 spiro atoms. The molecule has 27 heavy (non-hydrogen) atoms. The number of aromatic nitrogens is 4. The molecule has 1 aliphatic carbocycles. The minimum absolute atomic E-state index is 0. The number of nitrogens with zero attached hydrogens (tertiary/aromatic N) is 3. The number of carbonyl (C=O) groups excluding carboxylic acids is 1. The molecule has 3 N–H and O–H groups in total. The smallest absolute Gasteiger partial charge is 0.264 e. The van der Waals surface area contributed by atoms with E-state index in [0.29, 0.717) is 29.7 Å². The van der Waals surface area contributed by atoms with Crippen molar-refractivity contribution in [2.24, 2.45) is 0 Å². The van der Waals surface area contributed by atoms with E-state index in [9.17, 15) is 9.59 Å². The van der Waals surface area contributed by atoms with E-state index in [0.717, 1.165) is 6.54 Å². The molecule has 1 aliphatic rings. The lowest BCUT2D eigenvalue weighted by Gasteiger charge is -2.16. The van der Waals surface area contributed by atoms with Gasteiger partial charge in [-0.1, -0.05) is 25.7 Å². The number of rotatable bonds is 6. The predicted octanol–water partition coefficient (Wildman–Crippen LogP) is 1.73. The quantitative estimate of drug-likeness (QED) is 0.511. The van der Waals surface area contributed by atoms with Crippen LogP contribution in [0.5, 0.6) is 0 Å². The summed E-state index contributed by atoms with van der Waals surface area (Å²) in [7, 11) is 0. The zero-order valence-corrected chi connectivity index (χ0v) is 16.3. The number of hydrogen-bond donors (Lipinski definition) is 3. The number of carbonyl (C=O) groups is 1. The molecule has 0 radical (unpaired) electrons. The summed E-state index contributed by atoms with van der Waals surface area (Å²) in [5, 5.41) is 17.0. The van der Waals surface area contributed by atoms with Crippen molar-refractivity contribution in [2.75, 3.05) is 13.1 Å². The minimum Gasteiger partial charge on any atom is -0.351 e. The molecule has 0 atom stereocenters. The lowest BCUT2D eigenvalue weighted by atomic mass is 10.1. The van der Waals surface area contributed by atoms with Gasteiger partial charge in [0.1, 0.15) is 0 Å². The Morgan fingerprint density at radius 2 is 1.96 bits per heavy atom. The molecule has 2 heterocycles. The fraction of sp³-hybridized carbons (Fsp3) is 0.556. The highest BCUT2D eigenvalue weighted by atomic mass is 35.5. The Hall–Kier alpha value is -2.19. The number of H-pyrrole nitrogens is 1. The van der Waals surface area contributed by atoms with Crippen LogP contribution in [0, 0.1) is 6.92 Å². The highest BCUT2D eigenvalue weighted by Gasteiger charge is 2.16. The molecule has 0 unspecified atom stereocenters. The minimum atomic E-state index is -0.280. The predicted molar refractivity (Wildman–Crippen MR) is 106 cm³/mol. The van der Waals surface area contributed by atoms with E-state index in [-0.39, 0.29) is 23.9 Å². The molecule has 8 nitrogen and oxygen atoms in total. The topological polar surface area (TPSA) is 105 Å². The molecule has 2 aromatic rings. The van der Waals surface area contributed by atoms with Crippen LogP contribution in [0.3, 0.4) is 0 Å². The molecule has 1 amide bonds. The van der Waals surface area contributed by atoms with Gasteiger partial charge in [0.05, 0.1) is 17.5 Å². The van der Waals surface area contributed by atoms with Gasteiger partial charge in [-0.25, -0.2) is 9.78 Å². The maximum Gasteiger partial charge on any atom is 0.264 e. The van der Waals surface area contributed by atoms with E-state index in [1.165, 1.54) is 55.5 Å². The maximum absolute atomic E-state index is 12.4. The van der Waals surface area contributed by atoms with Crippen LogP contribution < -0.4 is 16.2 Å². The maximum atomic E-state index is 12.4. The summed E-state index contributed by atoms with van der Waals surface area (Å²) in [5.74, 6) is 0.317. The molecule has 1 fully saturated rings. The number of halogens is 1. The lowest BCUT2D eigenvalue weighted by molar-refractivity contribution is 0.0953. The van der Waals surface area contributed by atoms with Crippen molar-refractivity contribution in [3.8, 4) is 5.82 Å². The summed E-state index contributed by atoms with van der Waals surface area (Å²) in [6, 6.07) is 3.52. The van der Waals surface area contributed by atoms with Gasteiger partial charge in [-0.3, -0.25) is 9.59 Å². The first-order valence-electron chi connectivity index (χ1n) is 9.27. The second kappa shape index (κ2) is 10.2. The molecule has 3 rings (SSSR count). The Balaban J connectivity index is 0.00000261. The number of hydrogen-bond acceptors (Lipinski definition) is 5. The Labute approximate surface area is 164 Å². The standard InChI is InChI=1S/C18H26N6O2.ClH/c1-13-15(12-21-24(13)16-8-9-17(25)23-22-16)18(26)20-11-10-19-14-6-4-2-3-5-7-14;/h8-9,12,14,19H,2-7,10-11H2,1H3,(H,20,26)(H,23,25);1H. The van der Waals surface area contributed by atoms with E-state index in [4.69, 9.17) is 0 Å². The molecular formula is C18H27ClN6O2. The lowest BCUT2D eigenvalue weighted by Crippen LogP contribution is -2.37. The molecule has 0 aliphatic heterocycles. The van der Waals surface area contributed by atoms with Crippen LogP contribution in [0.25, 0.3) is 5.82 Å². The van der Waals surface area contributed by atoms with Crippen molar-refractivity contribution in [1.82, 2.24) is 30.6 Å². The van der Waals surface area contributed by atoms with Gasteiger partial charge in [-0.15, -0.1) is 12.4 Å². The van der Waals surface area contributed by atoms with Crippen molar-refractivity contribution in [3.05, 3.63) is 39.9 Å². The van der Waals surface area contributed by atoms with Gasteiger partial charge in [-0.05, 0) is 25.8 Å². The van der Waals surface area contributed by atoms with Crippen LogP contribution in [-0.2, 0) is 0 Å². The van der Waals surface area contributed by atoms with Gasteiger partial charge in [-0.2, -0.15) is 10.2 Å². The van der Waals surface area contributed by atoms with E-state index in [1.54, 1.807) is 13.0 Å². The monoisotopic (exact) mass is 394 g/mol. The second-order valence-electron chi connectivity index (χ2n) is 6.73. The zero-order valence-electron chi connectivity index (χ0n) is 15.5. The highest BCUT2D eigenvalue weighted by molar-refractivity contribution is 5.95. The van der Waals surface area contributed by atoms with E-state index in [2.05, 4.69) is 25.9 Å². The molecule has 0 saturated heterocycles. The fourth-order valence-corrected chi connectivity index (χ4v) is 3.35. The SMILES string of the molecule is Cc1c(C(=O)NCCNC2CCCCCC2)cnn1-c1ccc(=O)[nH]n1.Cl. The molecule has 9 heteroatoms. The van der Waals surface area contributed by atoms with Crippen molar-refractivity contribution in [1.29, 1.82) is 0 Å². The second-order valence-corrected chi connectivity index (χ2v) is 6.73.